The lowest BCUT2D eigenvalue weighted by Crippen LogP contribution is -2.38. The Morgan fingerprint density at radius 3 is 2.38 bits per heavy atom. The predicted octanol–water partition coefficient (Wildman–Crippen LogP) is 2.60. The molecule has 0 aliphatic heterocycles. The molecule has 0 saturated carbocycles. The fourth-order valence-electron chi connectivity index (χ4n) is 2.08. The highest BCUT2D eigenvalue weighted by molar-refractivity contribution is 7.88. The molecular formula is C16H28N2O2S. The molecule has 1 rings (SSSR count). The van der Waals surface area contributed by atoms with Gasteiger partial charge in [0.15, 0.2) is 0 Å². The Morgan fingerprint density at radius 1 is 1.19 bits per heavy atom. The molecule has 0 fully saturated rings. The van der Waals surface area contributed by atoms with Crippen LogP contribution in [0.4, 0.5) is 0 Å². The molecule has 1 aromatic carbocycles. The molecule has 0 aliphatic carbocycles. The molecule has 0 spiro atoms. The van der Waals surface area contributed by atoms with Crippen molar-refractivity contribution < 1.29 is 8.42 Å². The molecule has 0 saturated heterocycles. The molecule has 1 unspecified atom stereocenters. The van der Waals surface area contributed by atoms with Crippen LogP contribution in [0.2, 0.25) is 0 Å². The van der Waals surface area contributed by atoms with Gasteiger partial charge in [0.1, 0.15) is 0 Å². The van der Waals surface area contributed by atoms with Crippen LogP contribution in [0.3, 0.4) is 0 Å². The van der Waals surface area contributed by atoms with Gasteiger partial charge in [0.25, 0.3) is 0 Å². The highest BCUT2D eigenvalue weighted by Crippen LogP contribution is 2.17. The van der Waals surface area contributed by atoms with Crippen LogP contribution in [0.5, 0.6) is 0 Å². The van der Waals surface area contributed by atoms with Crippen LogP contribution in [0.15, 0.2) is 24.3 Å². The molecule has 1 atom stereocenters. The summed E-state index contributed by atoms with van der Waals surface area (Å²) in [7, 11) is -1.61. The number of sulfonamides is 1. The van der Waals surface area contributed by atoms with Gasteiger partial charge in [-0.15, -0.1) is 0 Å². The molecule has 5 heteroatoms. The van der Waals surface area contributed by atoms with E-state index in [-0.39, 0.29) is 11.8 Å². The summed E-state index contributed by atoms with van der Waals surface area (Å²) in [5, 5.41) is 3.25. The Morgan fingerprint density at radius 2 is 1.81 bits per heavy atom. The first-order chi connectivity index (χ1) is 9.77. The Kier molecular flexibility index (Phi) is 6.84. The van der Waals surface area contributed by atoms with Crippen molar-refractivity contribution in [2.24, 2.45) is 5.92 Å². The van der Waals surface area contributed by atoms with Crippen LogP contribution in [-0.2, 0) is 22.3 Å². The van der Waals surface area contributed by atoms with Crippen molar-refractivity contribution in [2.45, 2.75) is 46.0 Å². The molecular weight excluding hydrogens is 284 g/mol. The number of rotatable bonds is 8. The molecule has 4 nitrogen and oxygen atoms in total. The van der Waals surface area contributed by atoms with E-state index in [1.54, 1.807) is 7.05 Å². The zero-order valence-corrected chi connectivity index (χ0v) is 14.6. The van der Waals surface area contributed by atoms with Gasteiger partial charge in [-0.25, -0.2) is 12.7 Å². The third kappa shape index (κ3) is 5.41. The molecule has 1 aromatic rings. The maximum atomic E-state index is 12.5. The second-order valence-corrected chi connectivity index (χ2v) is 7.89. The second kappa shape index (κ2) is 7.92. The lowest BCUT2D eigenvalue weighted by Gasteiger charge is -2.27. The van der Waals surface area contributed by atoms with E-state index in [4.69, 9.17) is 0 Å². The Hall–Kier alpha value is -0.910. The highest BCUT2D eigenvalue weighted by Gasteiger charge is 2.25. The number of hydrogen-bond donors (Lipinski definition) is 1. The van der Waals surface area contributed by atoms with Crippen LogP contribution in [0.1, 0.15) is 38.8 Å². The zero-order valence-electron chi connectivity index (χ0n) is 13.8. The fourth-order valence-corrected chi connectivity index (χ4v) is 3.64. The lowest BCUT2D eigenvalue weighted by molar-refractivity contribution is 0.315. The van der Waals surface area contributed by atoms with Crippen molar-refractivity contribution in [3.05, 3.63) is 35.4 Å². The second-order valence-electron chi connectivity index (χ2n) is 5.86. The summed E-state index contributed by atoms with van der Waals surface area (Å²) in [5.74, 6) is 0.352. The third-order valence-corrected chi connectivity index (χ3v) is 5.80. The van der Waals surface area contributed by atoms with Crippen molar-refractivity contribution in [2.75, 3.05) is 13.6 Å². The molecule has 21 heavy (non-hydrogen) atoms. The van der Waals surface area contributed by atoms with Crippen molar-refractivity contribution in [3.63, 3.8) is 0 Å². The first-order valence-corrected chi connectivity index (χ1v) is 9.13. The topological polar surface area (TPSA) is 49.4 Å². The van der Waals surface area contributed by atoms with Gasteiger partial charge in [-0.3, -0.25) is 0 Å². The fraction of sp³-hybridized carbons (Fsp3) is 0.625. The van der Waals surface area contributed by atoms with E-state index in [9.17, 15) is 8.42 Å². The van der Waals surface area contributed by atoms with Gasteiger partial charge < -0.3 is 5.32 Å². The number of benzene rings is 1. The molecule has 0 amide bonds. The Bertz CT molecular complexity index is 541. The smallest absolute Gasteiger partial charge is 0.218 e. The van der Waals surface area contributed by atoms with Crippen molar-refractivity contribution in [3.8, 4) is 0 Å². The standard InChI is InChI=1S/C16H28N2O2S/c1-6-17-11-15-8-7-9-16(10-15)12-21(19,20)18(5)14(4)13(2)3/h7-10,13-14,17H,6,11-12H2,1-5H3. The summed E-state index contributed by atoms with van der Waals surface area (Å²) in [6.45, 7) is 9.74. The Balaban J connectivity index is 2.84. The van der Waals surface area contributed by atoms with Gasteiger partial charge in [-0.1, -0.05) is 45.0 Å². The number of nitrogens with one attached hydrogen (secondary N) is 1. The van der Waals surface area contributed by atoms with E-state index in [2.05, 4.69) is 12.2 Å². The van der Waals surface area contributed by atoms with Crippen LogP contribution >= 0.6 is 0 Å². The highest BCUT2D eigenvalue weighted by atomic mass is 32.2. The summed E-state index contributed by atoms with van der Waals surface area (Å²) in [5.41, 5.74) is 1.96. The van der Waals surface area contributed by atoms with Crippen LogP contribution in [0.25, 0.3) is 0 Å². The maximum Gasteiger partial charge on any atom is 0.218 e. The zero-order chi connectivity index (χ0) is 16.0. The number of nitrogens with zero attached hydrogens (tertiary/aromatic N) is 1. The third-order valence-electron chi connectivity index (χ3n) is 3.90. The van der Waals surface area contributed by atoms with E-state index in [1.165, 1.54) is 4.31 Å². The monoisotopic (exact) mass is 312 g/mol. The van der Waals surface area contributed by atoms with E-state index in [0.717, 1.165) is 24.2 Å². The predicted molar refractivity (Wildman–Crippen MR) is 88.5 cm³/mol. The van der Waals surface area contributed by atoms with Crippen LogP contribution < -0.4 is 5.32 Å². The van der Waals surface area contributed by atoms with Crippen LogP contribution in [0, 0.1) is 5.92 Å². The van der Waals surface area contributed by atoms with Gasteiger partial charge in [0.05, 0.1) is 5.75 Å². The van der Waals surface area contributed by atoms with Gasteiger partial charge in [0, 0.05) is 19.6 Å². The van der Waals surface area contributed by atoms with Crippen molar-refractivity contribution in [1.29, 1.82) is 0 Å². The summed E-state index contributed by atoms with van der Waals surface area (Å²) >= 11 is 0. The summed E-state index contributed by atoms with van der Waals surface area (Å²) in [4.78, 5) is 0. The largest absolute Gasteiger partial charge is 0.313 e. The average Bonchev–Trinajstić information content (AvgIpc) is 2.43. The lowest BCUT2D eigenvalue weighted by atomic mass is 10.1. The number of hydrogen-bond acceptors (Lipinski definition) is 3. The van der Waals surface area contributed by atoms with Crippen molar-refractivity contribution >= 4 is 10.0 Å². The Labute approximate surface area is 129 Å². The molecule has 0 aromatic heterocycles. The van der Waals surface area contributed by atoms with Gasteiger partial charge in [-0.2, -0.15) is 0 Å². The summed E-state index contributed by atoms with van der Waals surface area (Å²) in [6, 6.07) is 7.78. The first-order valence-electron chi connectivity index (χ1n) is 7.52. The summed E-state index contributed by atoms with van der Waals surface area (Å²) in [6.07, 6.45) is 0. The SMILES string of the molecule is CCNCc1cccc(CS(=O)(=O)N(C)C(C)C(C)C)c1. The quantitative estimate of drug-likeness (QED) is 0.803. The molecule has 0 heterocycles. The van der Waals surface area contributed by atoms with E-state index in [0.29, 0.717) is 5.92 Å². The molecule has 0 aliphatic rings. The molecule has 0 bridgehead atoms. The molecule has 1 N–H and O–H groups in total. The summed E-state index contributed by atoms with van der Waals surface area (Å²) < 4.78 is 26.5. The van der Waals surface area contributed by atoms with Crippen molar-refractivity contribution in [1.82, 2.24) is 9.62 Å². The van der Waals surface area contributed by atoms with Gasteiger partial charge in [-0.05, 0) is 30.5 Å². The average molecular weight is 312 g/mol. The molecule has 0 radical (unpaired) electrons. The van der Waals surface area contributed by atoms with Crippen LogP contribution in [-0.4, -0.2) is 32.4 Å². The molecule has 120 valence electrons. The van der Waals surface area contributed by atoms with E-state index >= 15 is 0 Å². The van der Waals surface area contributed by atoms with E-state index in [1.807, 2.05) is 45.0 Å². The van der Waals surface area contributed by atoms with Gasteiger partial charge >= 0.3 is 0 Å². The minimum atomic E-state index is -3.28. The minimum Gasteiger partial charge on any atom is -0.313 e. The maximum absolute atomic E-state index is 12.5. The van der Waals surface area contributed by atoms with E-state index < -0.39 is 10.0 Å². The first kappa shape index (κ1) is 18.1. The van der Waals surface area contributed by atoms with Gasteiger partial charge in [0.2, 0.25) is 10.0 Å². The minimum absolute atomic E-state index is 0.0000549. The normalized spacial score (nSPS) is 13.9.